The number of nitrogens with two attached hydrogens (primary N) is 1. The Morgan fingerprint density at radius 1 is 1.56 bits per heavy atom. The molecule has 1 aliphatic carbocycles. The van der Waals surface area contributed by atoms with Crippen LogP contribution in [0.3, 0.4) is 0 Å². The first-order chi connectivity index (χ1) is 7.70. The van der Waals surface area contributed by atoms with Crippen molar-refractivity contribution in [3.05, 3.63) is 17.5 Å². The number of hydrogen-bond donors (Lipinski definition) is 1. The molecule has 0 aromatic carbocycles. The summed E-state index contributed by atoms with van der Waals surface area (Å²) in [5.74, 6) is 0. The van der Waals surface area contributed by atoms with E-state index >= 15 is 0 Å². The van der Waals surface area contributed by atoms with E-state index in [1.165, 1.54) is 25.0 Å². The van der Waals surface area contributed by atoms with Crippen LogP contribution in [0.4, 0.5) is 0 Å². The van der Waals surface area contributed by atoms with Gasteiger partial charge in [0.05, 0.1) is 11.4 Å². The third kappa shape index (κ3) is 2.44. The lowest BCUT2D eigenvalue weighted by atomic mass is 9.91. The summed E-state index contributed by atoms with van der Waals surface area (Å²) >= 11 is 0. The van der Waals surface area contributed by atoms with Gasteiger partial charge in [-0.1, -0.05) is 6.42 Å². The van der Waals surface area contributed by atoms with Crippen LogP contribution in [0.1, 0.15) is 30.7 Å². The van der Waals surface area contributed by atoms with E-state index in [0.29, 0.717) is 0 Å². The molecule has 0 amide bonds. The predicted octanol–water partition coefficient (Wildman–Crippen LogP) is 1.04. The van der Waals surface area contributed by atoms with Crippen LogP contribution in [0, 0.1) is 6.92 Å². The van der Waals surface area contributed by atoms with Crippen LogP contribution in [0.5, 0.6) is 0 Å². The monoisotopic (exact) mass is 222 g/mol. The summed E-state index contributed by atoms with van der Waals surface area (Å²) in [6.45, 7) is 4.77. The van der Waals surface area contributed by atoms with Crippen LogP contribution in [-0.4, -0.2) is 33.8 Å². The standard InChI is InChI=1S/C12H22N4/c1-10-8-12(15(2)14-10)9-16(7-6-13)11-4-3-5-11/h8,11H,3-7,9,13H2,1-2H3. The van der Waals surface area contributed by atoms with Crippen LogP contribution in [0.15, 0.2) is 6.07 Å². The zero-order chi connectivity index (χ0) is 11.5. The fourth-order valence-electron chi connectivity index (χ4n) is 2.33. The smallest absolute Gasteiger partial charge is 0.0597 e. The molecule has 0 unspecified atom stereocenters. The molecule has 1 fully saturated rings. The van der Waals surface area contributed by atoms with Gasteiger partial charge in [0.2, 0.25) is 0 Å². The van der Waals surface area contributed by atoms with Gasteiger partial charge in [-0.2, -0.15) is 5.10 Å². The zero-order valence-corrected chi connectivity index (χ0v) is 10.3. The van der Waals surface area contributed by atoms with Gasteiger partial charge >= 0.3 is 0 Å². The van der Waals surface area contributed by atoms with Gasteiger partial charge in [-0.05, 0) is 25.8 Å². The number of nitrogens with zero attached hydrogens (tertiary/aromatic N) is 3. The number of aryl methyl sites for hydroxylation is 2. The van der Waals surface area contributed by atoms with Crippen molar-refractivity contribution in [1.29, 1.82) is 0 Å². The predicted molar refractivity (Wildman–Crippen MR) is 65.0 cm³/mol. The lowest BCUT2D eigenvalue weighted by molar-refractivity contribution is 0.120. The maximum atomic E-state index is 5.68. The molecule has 16 heavy (non-hydrogen) atoms. The van der Waals surface area contributed by atoms with E-state index in [9.17, 15) is 0 Å². The summed E-state index contributed by atoms with van der Waals surface area (Å²) in [7, 11) is 2.02. The molecule has 2 rings (SSSR count). The minimum Gasteiger partial charge on any atom is -0.329 e. The van der Waals surface area contributed by atoms with Crippen molar-refractivity contribution >= 4 is 0 Å². The van der Waals surface area contributed by atoms with Crippen molar-refractivity contribution in [2.45, 2.75) is 38.8 Å². The highest BCUT2D eigenvalue weighted by atomic mass is 15.3. The highest BCUT2D eigenvalue weighted by Gasteiger charge is 2.24. The highest BCUT2D eigenvalue weighted by Crippen LogP contribution is 2.25. The maximum absolute atomic E-state index is 5.68. The van der Waals surface area contributed by atoms with Gasteiger partial charge in [0, 0.05) is 32.7 Å². The van der Waals surface area contributed by atoms with Crippen molar-refractivity contribution in [3.8, 4) is 0 Å². The molecule has 4 heteroatoms. The molecule has 0 atom stereocenters. The van der Waals surface area contributed by atoms with Crippen LogP contribution in [0.2, 0.25) is 0 Å². The van der Waals surface area contributed by atoms with Gasteiger partial charge in [0.25, 0.3) is 0 Å². The van der Waals surface area contributed by atoms with Gasteiger partial charge in [0.1, 0.15) is 0 Å². The molecule has 0 aliphatic heterocycles. The number of rotatable bonds is 5. The highest BCUT2D eigenvalue weighted by molar-refractivity contribution is 5.08. The largest absolute Gasteiger partial charge is 0.329 e. The molecular weight excluding hydrogens is 200 g/mol. The Labute approximate surface area is 97.4 Å². The van der Waals surface area contributed by atoms with E-state index in [2.05, 4.69) is 16.1 Å². The van der Waals surface area contributed by atoms with E-state index in [0.717, 1.165) is 31.4 Å². The van der Waals surface area contributed by atoms with Crippen LogP contribution >= 0.6 is 0 Å². The minimum atomic E-state index is 0.743. The Morgan fingerprint density at radius 2 is 2.31 bits per heavy atom. The lowest BCUT2D eigenvalue weighted by Crippen LogP contribution is -2.42. The molecule has 1 heterocycles. The third-order valence-electron chi connectivity index (χ3n) is 3.47. The van der Waals surface area contributed by atoms with Crippen molar-refractivity contribution in [3.63, 3.8) is 0 Å². The summed E-state index contributed by atoms with van der Waals surface area (Å²) in [5, 5.41) is 4.39. The Kier molecular flexibility index (Phi) is 3.61. The quantitative estimate of drug-likeness (QED) is 0.810. The Bertz CT molecular complexity index is 341. The molecule has 1 aromatic heterocycles. The maximum Gasteiger partial charge on any atom is 0.0597 e. The average molecular weight is 222 g/mol. The number of aromatic nitrogens is 2. The molecule has 1 aliphatic rings. The Morgan fingerprint density at radius 3 is 2.75 bits per heavy atom. The summed E-state index contributed by atoms with van der Waals surface area (Å²) in [6, 6.07) is 2.92. The molecule has 1 saturated carbocycles. The van der Waals surface area contributed by atoms with Gasteiger partial charge in [0.15, 0.2) is 0 Å². The summed E-state index contributed by atoms with van der Waals surface area (Å²) in [4.78, 5) is 2.50. The van der Waals surface area contributed by atoms with Crippen molar-refractivity contribution in [2.75, 3.05) is 13.1 Å². The molecule has 0 radical (unpaired) electrons. The second-order valence-electron chi connectivity index (χ2n) is 4.74. The second kappa shape index (κ2) is 4.97. The van der Waals surface area contributed by atoms with E-state index in [1.54, 1.807) is 0 Å². The molecule has 0 spiro atoms. The molecule has 0 saturated heterocycles. The second-order valence-corrected chi connectivity index (χ2v) is 4.74. The molecule has 4 nitrogen and oxygen atoms in total. The van der Waals surface area contributed by atoms with Gasteiger partial charge < -0.3 is 5.73 Å². The summed E-state index contributed by atoms with van der Waals surface area (Å²) < 4.78 is 1.98. The first-order valence-electron chi connectivity index (χ1n) is 6.14. The molecule has 2 N–H and O–H groups in total. The lowest BCUT2D eigenvalue weighted by Gasteiger charge is -2.37. The minimum absolute atomic E-state index is 0.743. The van der Waals surface area contributed by atoms with Crippen molar-refractivity contribution < 1.29 is 0 Å². The van der Waals surface area contributed by atoms with E-state index in [4.69, 9.17) is 5.73 Å². The van der Waals surface area contributed by atoms with Crippen molar-refractivity contribution in [1.82, 2.24) is 14.7 Å². The molecule has 90 valence electrons. The fraction of sp³-hybridized carbons (Fsp3) is 0.750. The van der Waals surface area contributed by atoms with Crippen LogP contribution in [-0.2, 0) is 13.6 Å². The topological polar surface area (TPSA) is 47.1 Å². The molecular formula is C12H22N4. The van der Waals surface area contributed by atoms with Crippen LogP contribution in [0.25, 0.3) is 0 Å². The van der Waals surface area contributed by atoms with Crippen molar-refractivity contribution in [2.24, 2.45) is 12.8 Å². The Hall–Kier alpha value is -0.870. The first-order valence-corrected chi connectivity index (χ1v) is 6.14. The average Bonchev–Trinajstić information content (AvgIpc) is 2.42. The van der Waals surface area contributed by atoms with E-state index in [-0.39, 0.29) is 0 Å². The Balaban J connectivity index is 2.01. The molecule has 1 aromatic rings. The summed E-state index contributed by atoms with van der Waals surface area (Å²) in [5.41, 5.74) is 8.06. The normalized spacial score (nSPS) is 16.8. The zero-order valence-electron chi connectivity index (χ0n) is 10.3. The fourth-order valence-corrected chi connectivity index (χ4v) is 2.33. The van der Waals surface area contributed by atoms with E-state index < -0.39 is 0 Å². The summed E-state index contributed by atoms with van der Waals surface area (Å²) in [6.07, 6.45) is 4.03. The SMILES string of the molecule is Cc1cc(CN(CCN)C2CCC2)n(C)n1. The first kappa shape index (κ1) is 11.6. The van der Waals surface area contributed by atoms with Crippen LogP contribution < -0.4 is 5.73 Å². The van der Waals surface area contributed by atoms with Gasteiger partial charge in [-0.15, -0.1) is 0 Å². The van der Waals surface area contributed by atoms with Gasteiger partial charge in [-0.3, -0.25) is 9.58 Å². The third-order valence-corrected chi connectivity index (χ3v) is 3.47. The van der Waals surface area contributed by atoms with E-state index in [1.807, 2.05) is 18.7 Å². The number of hydrogen-bond acceptors (Lipinski definition) is 3. The molecule has 0 bridgehead atoms. The van der Waals surface area contributed by atoms with Gasteiger partial charge in [-0.25, -0.2) is 0 Å².